The molecule has 0 aromatic heterocycles. The summed E-state index contributed by atoms with van der Waals surface area (Å²) in [7, 11) is 0. The Morgan fingerprint density at radius 2 is 2.11 bits per heavy atom. The van der Waals surface area contributed by atoms with Gasteiger partial charge in [-0.05, 0) is 36.3 Å². The lowest BCUT2D eigenvalue weighted by molar-refractivity contribution is 0.0537. The van der Waals surface area contributed by atoms with Gasteiger partial charge in [0.25, 0.3) is 0 Å². The van der Waals surface area contributed by atoms with Crippen LogP contribution in [0.5, 0.6) is 0 Å². The van der Waals surface area contributed by atoms with Crippen molar-refractivity contribution in [3.05, 3.63) is 35.4 Å². The predicted octanol–water partition coefficient (Wildman–Crippen LogP) is 2.15. The Labute approximate surface area is 109 Å². The van der Waals surface area contributed by atoms with Crippen molar-refractivity contribution in [1.29, 1.82) is 0 Å². The first-order valence-electron chi connectivity index (χ1n) is 7.00. The molecule has 3 heteroatoms. The van der Waals surface area contributed by atoms with E-state index in [9.17, 15) is 0 Å². The molecule has 3 nitrogen and oxygen atoms in total. The second-order valence-electron chi connectivity index (χ2n) is 5.52. The second-order valence-corrected chi connectivity index (χ2v) is 5.52. The van der Waals surface area contributed by atoms with Crippen LogP contribution in [0, 0.1) is 5.92 Å². The third-order valence-electron chi connectivity index (χ3n) is 4.17. The molecule has 98 valence electrons. The van der Waals surface area contributed by atoms with E-state index in [0.717, 1.165) is 26.2 Å². The van der Waals surface area contributed by atoms with Gasteiger partial charge in [-0.15, -0.1) is 0 Å². The van der Waals surface area contributed by atoms with E-state index in [1.165, 1.54) is 24.0 Å². The molecule has 1 fully saturated rings. The fraction of sp³-hybridized carbons (Fsp3) is 0.600. The first kappa shape index (κ1) is 12.2. The fourth-order valence-electron chi connectivity index (χ4n) is 3.14. The summed E-state index contributed by atoms with van der Waals surface area (Å²) in [5.74, 6) is 0.669. The average molecular weight is 246 g/mol. The standard InChI is InChI=1S/C15H22N2O/c16-14-8-15(13-6-2-1-5-12(13)14)17-9-11-4-3-7-18-10-11/h1-2,5-6,11,14-15,17H,3-4,7-10,16H2. The number of nitrogens with two attached hydrogens (primary N) is 1. The molecule has 1 aromatic carbocycles. The van der Waals surface area contributed by atoms with Crippen LogP contribution in [0.3, 0.4) is 0 Å². The number of hydrogen-bond donors (Lipinski definition) is 2. The van der Waals surface area contributed by atoms with E-state index >= 15 is 0 Å². The highest BCUT2D eigenvalue weighted by Gasteiger charge is 2.28. The summed E-state index contributed by atoms with van der Waals surface area (Å²) in [6.45, 7) is 2.90. The van der Waals surface area contributed by atoms with E-state index in [2.05, 4.69) is 29.6 Å². The maximum absolute atomic E-state index is 6.18. The number of nitrogens with one attached hydrogen (secondary N) is 1. The monoisotopic (exact) mass is 246 g/mol. The summed E-state index contributed by atoms with van der Waals surface area (Å²) < 4.78 is 5.52. The maximum atomic E-state index is 6.18. The first-order chi connectivity index (χ1) is 8.84. The highest BCUT2D eigenvalue weighted by Crippen LogP contribution is 2.37. The molecule has 2 aliphatic rings. The lowest BCUT2D eigenvalue weighted by atomic mass is 10.0. The van der Waals surface area contributed by atoms with Crippen LogP contribution in [0.4, 0.5) is 0 Å². The molecule has 0 bridgehead atoms. The van der Waals surface area contributed by atoms with Crippen LogP contribution >= 0.6 is 0 Å². The minimum Gasteiger partial charge on any atom is -0.381 e. The summed E-state index contributed by atoms with van der Waals surface area (Å²) in [5.41, 5.74) is 8.89. The summed E-state index contributed by atoms with van der Waals surface area (Å²) >= 11 is 0. The summed E-state index contributed by atoms with van der Waals surface area (Å²) in [4.78, 5) is 0. The summed E-state index contributed by atoms with van der Waals surface area (Å²) in [6, 6.07) is 9.17. The van der Waals surface area contributed by atoms with Crippen LogP contribution in [0.15, 0.2) is 24.3 Å². The molecule has 3 rings (SSSR count). The second kappa shape index (κ2) is 5.39. The number of fused-ring (bicyclic) bond motifs is 1. The summed E-state index contributed by atoms with van der Waals surface area (Å²) in [5, 5.41) is 3.68. The van der Waals surface area contributed by atoms with E-state index in [4.69, 9.17) is 10.5 Å². The SMILES string of the molecule is NC1CC(NCC2CCCOC2)c2ccccc21. The van der Waals surface area contributed by atoms with Crippen molar-refractivity contribution in [3.63, 3.8) is 0 Å². The molecule has 18 heavy (non-hydrogen) atoms. The molecule has 0 amide bonds. The van der Waals surface area contributed by atoms with E-state index in [-0.39, 0.29) is 6.04 Å². The molecular formula is C15H22N2O. The van der Waals surface area contributed by atoms with Crippen LogP contribution in [-0.2, 0) is 4.74 Å². The number of ether oxygens (including phenoxy) is 1. The van der Waals surface area contributed by atoms with E-state index in [0.29, 0.717) is 12.0 Å². The molecule has 0 saturated carbocycles. The van der Waals surface area contributed by atoms with Crippen LogP contribution in [0.25, 0.3) is 0 Å². The molecule has 1 aromatic rings. The van der Waals surface area contributed by atoms with Gasteiger partial charge in [0.2, 0.25) is 0 Å². The van der Waals surface area contributed by atoms with Crippen molar-refractivity contribution in [2.24, 2.45) is 11.7 Å². The lowest BCUT2D eigenvalue weighted by Gasteiger charge is -2.24. The largest absolute Gasteiger partial charge is 0.381 e. The molecule has 1 heterocycles. The Kier molecular flexibility index (Phi) is 3.64. The van der Waals surface area contributed by atoms with Crippen molar-refractivity contribution in [2.75, 3.05) is 19.8 Å². The smallest absolute Gasteiger partial charge is 0.0506 e. The minimum absolute atomic E-state index is 0.196. The van der Waals surface area contributed by atoms with Crippen molar-refractivity contribution in [1.82, 2.24) is 5.32 Å². The van der Waals surface area contributed by atoms with Crippen LogP contribution in [0.2, 0.25) is 0 Å². The first-order valence-corrected chi connectivity index (χ1v) is 7.00. The average Bonchev–Trinajstić information content (AvgIpc) is 2.75. The zero-order valence-corrected chi connectivity index (χ0v) is 10.8. The van der Waals surface area contributed by atoms with Gasteiger partial charge in [-0.25, -0.2) is 0 Å². The zero-order chi connectivity index (χ0) is 12.4. The van der Waals surface area contributed by atoms with Gasteiger partial charge in [-0.3, -0.25) is 0 Å². The fourth-order valence-corrected chi connectivity index (χ4v) is 3.14. The maximum Gasteiger partial charge on any atom is 0.0506 e. The molecule has 3 unspecified atom stereocenters. The molecular weight excluding hydrogens is 224 g/mol. The van der Waals surface area contributed by atoms with Crippen LogP contribution < -0.4 is 11.1 Å². The normalized spacial score (nSPS) is 31.3. The van der Waals surface area contributed by atoms with E-state index in [1.54, 1.807) is 0 Å². The topological polar surface area (TPSA) is 47.3 Å². The van der Waals surface area contributed by atoms with Crippen molar-refractivity contribution < 1.29 is 4.74 Å². The van der Waals surface area contributed by atoms with Gasteiger partial charge in [0.15, 0.2) is 0 Å². The summed E-state index contributed by atoms with van der Waals surface area (Å²) in [6.07, 6.45) is 3.51. The molecule has 3 N–H and O–H groups in total. The van der Waals surface area contributed by atoms with Gasteiger partial charge in [-0.2, -0.15) is 0 Å². The van der Waals surface area contributed by atoms with Crippen molar-refractivity contribution in [3.8, 4) is 0 Å². The predicted molar refractivity (Wildman–Crippen MR) is 72.3 cm³/mol. The molecule has 3 atom stereocenters. The van der Waals surface area contributed by atoms with Crippen molar-refractivity contribution >= 4 is 0 Å². The van der Waals surface area contributed by atoms with Crippen LogP contribution in [-0.4, -0.2) is 19.8 Å². The zero-order valence-electron chi connectivity index (χ0n) is 10.8. The van der Waals surface area contributed by atoms with Crippen molar-refractivity contribution in [2.45, 2.75) is 31.3 Å². The van der Waals surface area contributed by atoms with Gasteiger partial charge in [0, 0.05) is 25.2 Å². The van der Waals surface area contributed by atoms with E-state index in [1.807, 2.05) is 0 Å². The van der Waals surface area contributed by atoms with Gasteiger partial charge in [-0.1, -0.05) is 24.3 Å². The number of rotatable bonds is 3. The molecule has 1 aliphatic heterocycles. The molecule has 1 saturated heterocycles. The number of benzene rings is 1. The molecule has 1 aliphatic carbocycles. The molecule has 0 radical (unpaired) electrons. The highest BCUT2D eigenvalue weighted by atomic mass is 16.5. The van der Waals surface area contributed by atoms with Gasteiger partial charge in [0.1, 0.15) is 0 Å². The van der Waals surface area contributed by atoms with Gasteiger partial charge < -0.3 is 15.8 Å². The Morgan fingerprint density at radius 3 is 2.89 bits per heavy atom. The Morgan fingerprint density at radius 1 is 1.28 bits per heavy atom. The Hall–Kier alpha value is -0.900. The van der Waals surface area contributed by atoms with Crippen LogP contribution in [0.1, 0.15) is 42.5 Å². The third kappa shape index (κ3) is 2.44. The Balaban J connectivity index is 1.61. The molecule has 0 spiro atoms. The lowest BCUT2D eigenvalue weighted by Crippen LogP contribution is -2.31. The minimum atomic E-state index is 0.196. The number of hydrogen-bond acceptors (Lipinski definition) is 3. The van der Waals surface area contributed by atoms with E-state index < -0.39 is 0 Å². The van der Waals surface area contributed by atoms with Gasteiger partial charge in [0.05, 0.1) is 6.61 Å². The highest BCUT2D eigenvalue weighted by molar-refractivity contribution is 5.37. The third-order valence-corrected chi connectivity index (χ3v) is 4.17. The Bertz CT molecular complexity index is 401. The quantitative estimate of drug-likeness (QED) is 0.859. The van der Waals surface area contributed by atoms with Gasteiger partial charge >= 0.3 is 0 Å².